The lowest BCUT2D eigenvalue weighted by Crippen LogP contribution is -2.60. The molecule has 4 unspecified atom stereocenters. The van der Waals surface area contributed by atoms with E-state index in [4.69, 9.17) is 4.55 Å². The Morgan fingerprint density at radius 2 is 1.77 bits per heavy atom. The summed E-state index contributed by atoms with van der Waals surface area (Å²) in [4.78, 5) is 14.4. The summed E-state index contributed by atoms with van der Waals surface area (Å²) >= 11 is 4.21. The van der Waals surface area contributed by atoms with Crippen molar-refractivity contribution < 1.29 is 22.9 Å². The molecule has 4 atom stereocenters. The van der Waals surface area contributed by atoms with Crippen LogP contribution < -0.4 is 0 Å². The zero-order valence-corrected chi connectivity index (χ0v) is 17.5. The van der Waals surface area contributed by atoms with E-state index in [2.05, 4.69) is 17.5 Å². The molecule has 2 aliphatic carbocycles. The van der Waals surface area contributed by atoms with Crippen LogP contribution in [0.4, 0.5) is 0 Å². The lowest BCUT2D eigenvalue weighted by atomic mass is 9.70. The fourth-order valence-corrected chi connectivity index (χ4v) is 7.45. The fourth-order valence-electron chi connectivity index (χ4n) is 5.67. The van der Waals surface area contributed by atoms with E-state index >= 15 is 0 Å². The first-order valence-electron chi connectivity index (χ1n) is 9.43. The summed E-state index contributed by atoms with van der Waals surface area (Å²) in [5, 5.41) is 8.86. The molecule has 3 saturated heterocycles. The molecule has 0 aromatic rings. The summed E-state index contributed by atoms with van der Waals surface area (Å²) in [6, 6.07) is 0. The minimum absolute atomic E-state index is 0.231. The van der Waals surface area contributed by atoms with Gasteiger partial charge in [0.1, 0.15) is 5.25 Å². The Morgan fingerprint density at radius 3 is 2.04 bits per heavy atom. The molecular formula is C18H31NO5S2. The summed E-state index contributed by atoms with van der Waals surface area (Å²) in [7, 11) is -4.24. The summed E-state index contributed by atoms with van der Waals surface area (Å²) in [5.41, 5.74) is -1.39. The Bertz CT molecular complexity index is 686. The zero-order valence-electron chi connectivity index (χ0n) is 15.8. The number of piperidine rings is 3. The third-order valence-electron chi connectivity index (χ3n) is 7.91. The smallest absolute Gasteiger partial charge is 0.275 e. The van der Waals surface area contributed by atoms with Crippen molar-refractivity contribution in [3.63, 3.8) is 0 Å². The number of Topliss-reactive ketones (excluding diaryl/α,β-unsaturated/α-hetero) is 1. The highest BCUT2D eigenvalue weighted by atomic mass is 32.2. The number of carbonyl (C=O) groups is 1. The number of carbonyl (C=O) groups excluding carboxylic acids is 1. The van der Waals surface area contributed by atoms with Crippen LogP contribution in [0, 0.1) is 22.7 Å². The van der Waals surface area contributed by atoms with Crippen LogP contribution >= 0.6 is 12.6 Å². The van der Waals surface area contributed by atoms with E-state index in [0.717, 1.165) is 25.8 Å². The minimum atomic E-state index is -4.24. The lowest BCUT2D eigenvalue weighted by molar-refractivity contribution is -0.128. The van der Waals surface area contributed by atoms with Crippen molar-refractivity contribution in [2.75, 3.05) is 25.4 Å². The summed E-state index contributed by atoms with van der Waals surface area (Å²) in [6.07, 6.45) is 3.77. The van der Waals surface area contributed by atoms with Gasteiger partial charge < -0.3 is 10.0 Å². The van der Waals surface area contributed by atoms with Gasteiger partial charge in [-0.05, 0) is 56.0 Å². The molecule has 0 aromatic carbocycles. The van der Waals surface area contributed by atoms with Gasteiger partial charge in [-0.15, -0.1) is 0 Å². The van der Waals surface area contributed by atoms with Gasteiger partial charge in [-0.3, -0.25) is 9.35 Å². The summed E-state index contributed by atoms with van der Waals surface area (Å²) in [6.45, 7) is 8.88. The average molecular weight is 406 g/mol. The molecule has 26 heavy (non-hydrogen) atoms. The molecule has 2 saturated carbocycles. The van der Waals surface area contributed by atoms with Gasteiger partial charge in [0.15, 0.2) is 5.78 Å². The van der Waals surface area contributed by atoms with Crippen molar-refractivity contribution in [3.05, 3.63) is 0 Å². The number of ketones is 1. The largest absolute Gasteiger partial charge is 0.387 e. The highest BCUT2D eigenvalue weighted by molar-refractivity contribution is 7.87. The number of aliphatic hydroxyl groups is 1. The van der Waals surface area contributed by atoms with Crippen molar-refractivity contribution in [1.29, 1.82) is 0 Å². The standard InChI is InChI=1S/C10H16O4S.C8H15NOS/c1-9(2)6-4-5-10(9,3)8(11)7(6)15(12,13)14;10-8(6-11)5-9-3-1-7(8)2-4-9/h6-7H,4-5H2,1-3H3,(H,12,13,14);7,10-11H,1-6H2. The predicted molar refractivity (Wildman–Crippen MR) is 103 cm³/mol. The maximum absolute atomic E-state index is 12.0. The Hall–Kier alpha value is -0.150. The Kier molecular flexibility index (Phi) is 5.10. The number of thiol groups is 1. The molecule has 4 bridgehead atoms. The lowest BCUT2D eigenvalue weighted by Gasteiger charge is -2.49. The molecule has 5 rings (SSSR count). The minimum Gasteiger partial charge on any atom is -0.387 e. The number of rotatable bonds is 2. The average Bonchev–Trinajstić information content (AvgIpc) is 2.88. The molecular weight excluding hydrogens is 374 g/mol. The fraction of sp³-hybridized carbons (Fsp3) is 0.944. The van der Waals surface area contributed by atoms with E-state index in [1.54, 1.807) is 0 Å². The first-order valence-corrected chi connectivity index (χ1v) is 11.6. The van der Waals surface area contributed by atoms with Crippen molar-refractivity contribution in [2.24, 2.45) is 22.7 Å². The van der Waals surface area contributed by atoms with Crippen molar-refractivity contribution in [3.8, 4) is 0 Å². The van der Waals surface area contributed by atoms with Crippen molar-refractivity contribution in [1.82, 2.24) is 4.90 Å². The van der Waals surface area contributed by atoms with Crippen LogP contribution in [0.25, 0.3) is 0 Å². The maximum atomic E-state index is 12.0. The molecule has 0 amide bonds. The van der Waals surface area contributed by atoms with Gasteiger partial charge >= 0.3 is 0 Å². The predicted octanol–water partition coefficient (Wildman–Crippen LogP) is 1.64. The molecule has 0 aromatic heterocycles. The van der Waals surface area contributed by atoms with E-state index in [0.29, 0.717) is 18.1 Å². The molecule has 2 N–H and O–H groups in total. The highest BCUT2D eigenvalue weighted by Crippen LogP contribution is 2.64. The molecule has 5 aliphatic rings. The molecule has 3 heterocycles. The molecule has 5 fully saturated rings. The highest BCUT2D eigenvalue weighted by Gasteiger charge is 2.69. The van der Waals surface area contributed by atoms with Crippen LogP contribution in [0.2, 0.25) is 0 Å². The topological polar surface area (TPSA) is 94.9 Å². The number of nitrogens with zero attached hydrogens (tertiary/aromatic N) is 1. The van der Waals surface area contributed by atoms with Gasteiger partial charge in [-0.2, -0.15) is 21.0 Å². The van der Waals surface area contributed by atoms with Crippen LogP contribution in [-0.4, -0.2) is 65.0 Å². The van der Waals surface area contributed by atoms with Gasteiger partial charge in [0.2, 0.25) is 0 Å². The second-order valence-electron chi connectivity index (χ2n) is 9.31. The SMILES string of the molecule is CC12CCC(C(S(=O)(=O)O)C1=O)C2(C)C.OC1(CS)CN2CCC1CC2. The number of hydrogen-bond donors (Lipinski definition) is 3. The third kappa shape index (κ3) is 2.96. The zero-order chi connectivity index (χ0) is 19.5. The normalized spacial score (nSPS) is 46.2. The first-order chi connectivity index (χ1) is 11.9. The Labute approximate surface area is 161 Å². The Morgan fingerprint density at radius 1 is 1.19 bits per heavy atom. The second-order valence-corrected chi connectivity index (χ2v) is 11.2. The number of fused-ring (bicyclic) bond motifs is 5. The van der Waals surface area contributed by atoms with E-state index in [9.17, 15) is 18.3 Å². The van der Waals surface area contributed by atoms with E-state index < -0.39 is 26.4 Å². The summed E-state index contributed by atoms with van der Waals surface area (Å²) in [5.74, 6) is 0.606. The van der Waals surface area contributed by atoms with Gasteiger partial charge in [0.25, 0.3) is 10.1 Å². The molecule has 8 heteroatoms. The first kappa shape index (κ1) is 20.6. The molecule has 0 radical (unpaired) electrons. The maximum Gasteiger partial charge on any atom is 0.275 e. The molecule has 6 nitrogen and oxygen atoms in total. The third-order valence-corrected chi connectivity index (χ3v) is 9.64. The van der Waals surface area contributed by atoms with Crippen LogP contribution in [0.3, 0.4) is 0 Å². The van der Waals surface area contributed by atoms with Gasteiger partial charge in [0, 0.05) is 17.7 Å². The van der Waals surface area contributed by atoms with Crippen molar-refractivity contribution in [2.45, 2.75) is 57.3 Å². The second kappa shape index (κ2) is 6.44. The van der Waals surface area contributed by atoms with E-state index in [1.807, 2.05) is 20.8 Å². The van der Waals surface area contributed by atoms with Crippen LogP contribution in [0.1, 0.15) is 46.5 Å². The summed E-state index contributed by atoms with van der Waals surface area (Å²) < 4.78 is 31.5. The van der Waals surface area contributed by atoms with Crippen LogP contribution in [0.5, 0.6) is 0 Å². The van der Waals surface area contributed by atoms with Crippen molar-refractivity contribution >= 4 is 28.5 Å². The van der Waals surface area contributed by atoms with Crippen LogP contribution in [0.15, 0.2) is 0 Å². The molecule has 3 aliphatic heterocycles. The van der Waals surface area contributed by atoms with Gasteiger partial charge in [-0.1, -0.05) is 20.8 Å². The Balaban J connectivity index is 0.000000158. The van der Waals surface area contributed by atoms with E-state index in [1.165, 1.54) is 13.1 Å². The van der Waals surface area contributed by atoms with Crippen LogP contribution in [-0.2, 0) is 14.9 Å². The quantitative estimate of drug-likeness (QED) is 0.478. The van der Waals surface area contributed by atoms with Gasteiger partial charge in [-0.25, -0.2) is 0 Å². The monoisotopic (exact) mass is 405 g/mol. The van der Waals surface area contributed by atoms with Gasteiger partial charge in [0.05, 0.1) is 5.60 Å². The number of hydrogen-bond acceptors (Lipinski definition) is 6. The molecule has 150 valence electrons. The molecule has 0 spiro atoms. The van der Waals surface area contributed by atoms with E-state index in [-0.39, 0.29) is 17.1 Å².